The number of rotatable bonds is 6. The van der Waals surface area contributed by atoms with E-state index in [-0.39, 0.29) is 18.3 Å². The van der Waals surface area contributed by atoms with Crippen molar-refractivity contribution in [2.24, 2.45) is 11.3 Å². The van der Waals surface area contributed by atoms with Crippen LogP contribution in [0.2, 0.25) is 0 Å². The molecule has 1 saturated carbocycles. The van der Waals surface area contributed by atoms with Crippen LogP contribution in [0.25, 0.3) is 0 Å². The van der Waals surface area contributed by atoms with Gasteiger partial charge in [0.25, 0.3) is 0 Å². The molecule has 1 aromatic carbocycles. The van der Waals surface area contributed by atoms with Gasteiger partial charge >= 0.3 is 0 Å². The third-order valence-corrected chi connectivity index (χ3v) is 5.58. The average Bonchev–Trinajstić information content (AvgIpc) is 3.28. The molecule has 1 amide bonds. The highest BCUT2D eigenvalue weighted by Gasteiger charge is 2.58. The van der Waals surface area contributed by atoms with Crippen molar-refractivity contribution in [3.05, 3.63) is 29.8 Å². The standard InChI is InChI=1S/C19H28N2O2.ClH/c1-21(13-3-4-15-5-7-16(23-2)8-6-15)18(22)17-14-19(17)9-11-20-12-10-19;/h5-8,17,20H,3-4,9-14H2,1-2H3;1H. The van der Waals surface area contributed by atoms with E-state index in [0.717, 1.165) is 44.6 Å². The summed E-state index contributed by atoms with van der Waals surface area (Å²) in [4.78, 5) is 14.5. The van der Waals surface area contributed by atoms with Gasteiger partial charge in [0.05, 0.1) is 7.11 Å². The molecule has 1 unspecified atom stereocenters. The highest BCUT2D eigenvalue weighted by molar-refractivity contribution is 5.85. The zero-order valence-electron chi connectivity index (χ0n) is 14.7. The molecule has 1 aliphatic heterocycles. The number of benzene rings is 1. The number of carbonyl (C=O) groups excluding carboxylic acids is 1. The summed E-state index contributed by atoms with van der Waals surface area (Å²) < 4.78 is 5.17. The highest BCUT2D eigenvalue weighted by atomic mass is 35.5. The minimum atomic E-state index is 0. The van der Waals surface area contributed by atoms with Gasteiger partial charge in [0.2, 0.25) is 5.91 Å². The van der Waals surface area contributed by atoms with Crippen molar-refractivity contribution in [1.82, 2.24) is 10.2 Å². The molecule has 2 fully saturated rings. The Hall–Kier alpha value is -1.26. The third-order valence-electron chi connectivity index (χ3n) is 5.58. The fourth-order valence-corrected chi connectivity index (χ4v) is 3.86. The van der Waals surface area contributed by atoms with Crippen LogP contribution < -0.4 is 10.1 Å². The Morgan fingerprint density at radius 2 is 1.96 bits per heavy atom. The fraction of sp³-hybridized carbons (Fsp3) is 0.632. The van der Waals surface area contributed by atoms with E-state index in [9.17, 15) is 4.79 Å². The molecule has 1 heterocycles. The number of halogens is 1. The molecule has 134 valence electrons. The van der Waals surface area contributed by atoms with Crippen molar-refractivity contribution in [2.45, 2.75) is 32.1 Å². The first-order valence-electron chi connectivity index (χ1n) is 8.73. The molecule has 1 aromatic rings. The molecule has 24 heavy (non-hydrogen) atoms. The molecule has 3 rings (SSSR count). The molecule has 1 N–H and O–H groups in total. The molecule has 5 heteroatoms. The Kier molecular flexibility index (Phi) is 6.53. The fourth-order valence-electron chi connectivity index (χ4n) is 3.86. The lowest BCUT2D eigenvalue weighted by atomic mass is 9.91. The number of aryl methyl sites for hydroxylation is 1. The van der Waals surface area contributed by atoms with Crippen LogP contribution in [0.1, 0.15) is 31.2 Å². The number of carbonyl (C=O) groups is 1. The minimum absolute atomic E-state index is 0. The summed E-state index contributed by atoms with van der Waals surface area (Å²) in [5.74, 6) is 1.54. The number of nitrogens with zero attached hydrogens (tertiary/aromatic N) is 1. The van der Waals surface area contributed by atoms with E-state index in [1.807, 2.05) is 24.1 Å². The van der Waals surface area contributed by atoms with Crippen LogP contribution in [-0.2, 0) is 11.2 Å². The van der Waals surface area contributed by atoms with Gasteiger partial charge in [0, 0.05) is 19.5 Å². The Morgan fingerprint density at radius 3 is 2.58 bits per heavy atom. The first-order valence-corrected chi connectivity index (χ1v) is 8.73. The number of hydrogen-bond acceptors (Lipinski definition) is 3. The normalized spacial score (nSPS) is 21.0. The Labute approximate surface area is 151 Å². The van der Waals surface area contributed by atoms with Gasteiger partial charge in [-0.15, -0.1) is 12.4 Å². The number of amides is 1. The monoisotopic (exact) mass is 352 g/mol. The quantitative estimate of drug-likeness (QED) is 0.856. The Bertz CT molecular complexity index is 541. The van der Waals surface area contributed by atoms with E-state index in [2.05, 4.69) is 17.4 Å². The lowest BCUT2D eigenvalue weighted by Crippen LogP contribution is -2.35. The number of ether oxygens (including phenoxy) is 1. The molecule has 2 aliphatic rings. The number of methoxy groups -OCH3 is 1. The van der Waals surface area contributed by atoms with E-state index in [0.29, 0.717) is 11.3 Å². The maximum absolute atomic E-state index is 12.6. The van der Waals surface area contributed by atoms with E-state index < -0.39 is 0 Å². The molecule has 1 atom stereocenters. The van der Waals surface area contributed by atoms with Gasteiger partial charge in [-0.2, -0.15) is 0 Å². The summed E-state index contributed by atoms with van der Waals surface area (Å²) in [7, 11) is 3.64. The van der Waals surface area contributed by atoms with Crippen molar-refractivity contribution < 1.29 is 9.53 Å². The van der Waals surface area contributed by atoms with Gasteiger partial charge in [-0.05, 0) is 68.3 Å². The van der Waals surface area contributed by atoms with Crippen molar-refractivity contribution >= 4 is 18.3 Å². The van der Waals surface area contributed by atoms with E-state index in [4.69, 9.17) is 4.74 Å². The summed E-state index contributed by atoms with van der Waals surface area (Å²) in [6.07, 6.45) is 5.46. The summed E-state index contributed by atoms with van der Waals surface area (Å²) in [5.41, 5.74) is 1.64. The summed E-state index contributed by atoms with van der Waals surface area (Å²) in [5, 5.41) is 3.40. The average molecular weight is 353 g/mol. The van der Waals surface area contributed by atoms with Gasteiger partial charge in [0.1, 0.15) is 5.75 Å². The van der Waals surface area contributed by atoms with Crippen LogP contribution in [0, 0.1) is 11.3 Å². The number of nitrogens with one attached hydrogen (secondary N) is 1. The van der Waals surface area contributed by atoms with Gasteiger partial charge in [-0.3, -0.25) is 4.79 Å². The second-order valence-corrected chi connectivity index (χ2v) is 7.08. The van der Waals surface area contributed by atoms with E-state index in [1.54, 1.807) is 7.11 Å². The molecule has 4 nitrogen and oxygen atoms in total. The zero-order chi connectivity index (χ0) is 16.3. The van der Waals surface area contributed by atoms with E-state index in [1.165, 1.54) is 18.4 Å². The van der Waals surface area contributed by atoms with Crippen LogP contribution in [0.5, 0.6) is 5.75 Å². The van der Waals surface area contributed by atoms with Crippen molar-refractivity contribution in [3.63, 3.8) is 0 Å². The van der Waals surface area contributed by atoms with Crippen LogP contribution in [0.4, 0.5) is 0 Å². The van der Waals surface area contributed by atoms with Gasteiger partial charge in [-0.1, -0.05) is 12.1 Å². The molecule has 1 aliphatic carbocycles. The van der Waals surface area contributed by atoms with Gasteiger partial charge in [0.15, 0.2) is 0 Å². The smallest absolute Gasteiger partial charge is 0.226 e. The summed E-state index contributed by atoms with van der Waals surface area (Å²) in [6, 6.07) is 8.20. The minimum Gasteiger partial charge on any atom is -0.497 e. The molecular formula is C19H29ClN2O2. The van der Waals surface area contributed by atoms with Gasteiger partial charge < -0.3 is 15.0 Å². The predicted octanol–water partition coefficient (Wildman–Crippen LogP) is 2.90. The lowest BCUT2D eigenvalue weighted by molar-refractivity contribution is -0.132. The number of hydrogen-bond donors (Lipinski definition) is 1. The molecule has 1 saturated heterocycles. The maximum atomic E-state index is 12.6. The Balaban J connectivity index is 0.00000208. The van der Waals surface area contributed by atoms with Crippen LogP contribution in [-0.4, -0.2) is 44.6 Å². The van der Waals surface area contributed by atoms with Gasteiger partial charge in [-0.25, -0.2) is 0 Å². The topological polar surface area (TPSA) is 41.6 Å². The predicted molar refractivity (Wildman–Crippen MR) is 98.8 cm³/mol. The molecule has 0 aromatic heterocycles. The zero-order valence-corrected chi connectivity index (χ0v) is 15.5. The van der Waals surface area contributed by atoms with Crippen LogP contribution in [0.3, 0.4) is 0 Å². The SMILES string of the molecule is COc1ccc(CCCN(C)C(=O)C2CC23CCNCC3)cc1.Cl. The van der Waals surface area contributed by atoms with Crippen molar-refractivity contribution in [2.75, 3.05) is 33.8 Å². The molecule has 0 radical (unpaired) electrons. The molecular weight excluding hydrogens is 324 g/mol. The Morgan fingerprint density at radius 1 is 1.29 bits per heavy atom. The molecule has 0 bridgehead atoms. The van der Waals surface area contributed by atoms with Crippen molar-refractivity contribution in [1.29, 1.82) is 0 Å². The van der Waals surface area contributed by atoms with Crippen LogP contribution >= 0.6 is 12.4 Å². The highest BCUT2D eigenvalue weighted by Crippen LogP contribution is 2.59. The van der Waals surface area contributed by atoms with Crippen molar-refractivity contribution in [3.8, 4) is 5.75 Å². The first kappa shape index (κ1) is 19.1. The largest absolute Gasteiger partial charge is 0.497 e. The lowest BCUT2D eigenvalue weighted by Gasteiger charge is -2.25. The molecule has 1 spiro atoms. The summed E-state index contributed by atoms with van der Waals surface area (Å²) >= 11 is 0. The second-order valence-electron chi connectivity index (χ2n) is 7.08. The first-order chi connectivity index (χ1) is 11.1. The number of piperidine rings is 1. The summed E-state index contributed by atoms with van der Waals surface area (Å²) in [6.45, 7) is 2.99. The van der Waals surface area contributed by atoms with Crippen LogP contribution in [0.15, 0.2) is 24.3 Å². The third kappa shape index (κ3) is 4.22. The van der Waals surface area contributed by atoms with E-state index >= 15 is 0 Å². The maximum Gasteiger partial charge on any atom is 0.226 e. The second kappa shape index (κ2) is 8.21.